The molecule has 2 unspecified atom stereocenters. The normalized spacial score (nSPS) is 20.8. The van der Waals surface area contributed by atoms with E-state index in [0.717, 1.165) is 11.8 Å². The molecule has 0 amide bonds. The number of hydrogen-bond acceptors (Lipinski definition) is 6. The lowest BCUT2D eigenvalue weighted by Gasteiger charge is -2.33. The number of sulfone groups is 1. The van der Waals surface area contributed by atoms with Gasteiger partial charge in [-0.2, -0.15) is 0 Å². The monoisotopic (exact) mass is 355 g/mol. The maximum Gasteiger partial charge on any atom is 0.308 e. The number of aliphatic hydroxyl groups excluding tert-OH is 1. The molecule has 24 heavy (non-hydrogen) atoms. The molecule has 1 aliphatic rings. The fourth-order valence-corrected chi connectivity index (χ4v) is 4.05. The van der Waals surface area contributed by atoms with Crippen LogP contribution in [0.4, 0.5) is 0 Å². The third-order valence-corrected chi connectivity index (χ3v) is 4.85. The molecular formula is C17H25NO5S. The van der Waals surface area contributed by atoms with Crippen molar-refractivity contribution in [2.45, 2.75) is 57.6 Å². The van der Waals surface area contributed by atoms with Crippen molar-refractivity contribution < 1.29 is 23.1 Å². The van der Waals surface area contributed by atoms with Crippen LogP contribution in [0, 0.1) is 0 Å². The molecule has 2 N–H and O–H groups in total. The Balaban J connectivity index is 2.48. The number of benzene rings is 1. The molecule has 1 aromatic carbocycles. The zero-order valence-electron chi connectivity index (χ0n) is 14.5. The van der Waals surface area contributed by atoms with Crippen molar-refractivity contribution in [3.8, 4) is 5.75 Å². The Bertz CT molecular complexity index is 727. The highest BCUT2D eigenvalue weighted by Crippen LogP contribution is 2.37. The van der Waals surface area contributed by atoms with Crippen LogP contribution < -0.4 is 10.1 Å². The maximum atomic E-state index is 11.8. The molecule has 0 fully saturated rings. The molecule has 1 aromatic rings. The van der Waals surface area contributed by atoms with Crippen molar-refractivity contribution in [1.82, 2.24) is 5.32 Å². The van der Waals surface area contributed by atoms with Crippen molar-refractivity contribution >= 4 is 15.8 Å². The second kappa shape index (κ2) is 7.21. The van der Waals surface area contributed by atoms with E-state index < -0.39 is 21.9 Å². The lowest BCUT2D eigenvalue weighted by atomic mass is 9.83. The van der Waals surface area contributed by atoms with E-state index in [1.54, 1.807) is 12.1 Å². The number of rotatable bonds is 5. The molecule has 134 valence electrons. The average molecular weight is 355 g/mol. The van der Waals surface area contributed by atoms with Crippen molar-refractivity contribution in [2.24, 2.45) is 0 Å². The van der Waals surface area contributed by atoms with Gasteiger partial charge in [0.25, 0.3) is 0 Å². The van der Waals surface area contributed by atoms with Crippen LogP contribution in [0.1, 0.15) is 50.0 Å². The van der Waals surface area contributed by atoms with E-state index in [2.05, 4.69) is 5.32 Å². The summed E-state index contributed by atoms with van der Waals surface area (Å²) in [5.41, 5.74) is 1.95. The molecule has 0 saturated heterocycles. The van der Waals surface area contributed by atoms with Gasteiger partial charge in [-0.3, -0.25) is 4.79 Å². The summed E-state index contributed by atoms with van der Waals surface area (Å²) in [7, 11) is -3.31. The van der Waals surface area contributed by atoms with Crippen LogP contribution in [0.25, 0.3) is 0 Å². The van der Waals surface area contributed by atoms with E-state index in [1.165, 1.54) is 6.92 Å². The first kappa shape index (κ1) is 18.9. The third-order valence-electron chi connectivity index (χ3n) is 4.04. The summed E-state index contributed by atoms with van der Waals surface area (Å²) in [4.78, 5) is 11.3. The molecule has 2 atom stereocenters. The highest BCUT2D eigenvalue weighted by molar-refractivity contribution is 7.89. The molecule has 0 spiro atoms. The second-order valence-electron chi connectivity index (χ2n) is 6.69. The van der Waals surface area contributed by atoms with Gasteiger partial charge < -0.3 is 15.2 Å². The number of aliphatic hydroxyl groups is 1. The van der Waals surface area contributed by atoms with Gasteiger partial charge in [-0.25, -0.2) is 8.42 Å². The van der Waals surface area contributed by atoms with Crippen LogP contribution >= 0.6 is 0 Å². The summed E-state index contributed by atoms with van der Waals surface area (Å²) < 4.78 is 28.8. The first-order valence-electron chi connectivity index (χ1n) is 8.03. The minimum absolute atomic E-state index is 0.0804. The van der Waals surface area contributed by atoms with Gasteiger partial charge in [-0.15, -0.1) is 0 Å². The molecule has 1 aliphatic carbocycles. The van der Waals surface area contributed by atoms with Gasteiger partial charge in [0.15, 0.2) is 9.84 Å². The van der Waals surface area contributed by atoms with Gasteiger partial charge in [0.1, 0.15) is 5.75 Å². The molecule has 0 bridgehead atoms. The summed E-state index contributed by atoms with van der Waals surface area (Å²) in [5, 5.41) is 14.0. The summed E-state index contributed by atoms with van der Waals surface area (Å²) in [6.45, 7) is 5.31. The third kappa shape index (κ3) is 4.55. The second-order valence-corrected chi connectivity index (χ2v) is 8.83. The van der Waals surface area contributed by atoms with E-state index in [0.29, 0.717) is 24.0 Å². The Morgan fingerprint density at radius 1 is 1.42 bits per heavy atom. The molecule has 0 saturated carbocycles. The topological polar surface area (TPSA) is 92.7 Å². The van der Waals surface area contributed by atoms with Gasteiger partial charge in [0.05, 0.1) is 11.9 Å². The van der Waals surface area contributed by atoms with Crippen LogP contribution in [-0.4, -0.2) is 37.8 Å². The Morgan fingerprint density at radius 3 is 2.62 bits per heavy atom. The van der Waals surface area contributed by atoms with E-state index in [1.807, 2.05) is 13.8 Å². The summed E-state index contributed by atoms with van der Waals surface area (Å²) in [6, 6.07) is 3.45. The number of ether oxygens (including phenoxy) is 1. The zero-order valence-corrected chi connectivity index (χ0v) is 15.3. The standard InChI is InChI=1S/C17H25NO5S/c1-10(2)18-15-7-5-12-13(17(15)20)6-8-16(23-11(3)19)14(12)9-24(4,21)22/h6,8,10,15,17-18,20H,5,7,9H2,1-4H3. The summed E-state index contributed by atoms with van der Waals surface area (Å²) in [5.74, 6) is -0.456. The highest BCUT2D eigenvalue weighted by Gasteiger charge is 2.31. The molecular weight excluding hydrogens is 330 g/mol. The van der Waals surface area contributed by atoms with E-state index in [4.69, 9.17) is 4.74 Å². The van der Waals surface area contributed by atoms with Gasteiger partial charge in [0, 0.05) is 30.8 Å². The number of fused-ring (bicyclic) bond motifs is 1. The SMILES string of the molecule is CC(=O)Oc1ccc2c(c1CS(C)(=O)=O)CCC(NC(C)C)C2O. The minimum atomic E-state index is -3.31. The van der Waals surface area contributed by atoms with E-state index >= 15 is 0 Å². The number of esters is 1. The Hall–Kier alpha value is -1.44. The predicted octanol–water partition coefficient (Wildman–Crippen LogP) is 1.50. The quantitative estimate of drug-likeness (QED) is 0.614. The molecule has 0 aliphatic heterocycles. The largest absolute Gasteiger partial charge is 0.426 e. The number of hydrogen-bond donors (Lipinski definition) is 2. The van der Waals surface area contributed by atoms with Crippen LogP contribution in [-0.2, 0) is 26.8 Å². The van der Waals surface area contributed by atoms with Crippen LogP contribution in [0.3, 0.4) is 0 Å². The van der Waals surface area contributed by atoms with Gasteiger partial charge in [-0.1, -0.05) is 19.9 Å². The Labute approximate surface area is 143 Å². The molecule has 0 heterocycles. The average Bonchev–Trinajstić information content (AvgIpc) is 2.42. The Kier molecular flexibility index (Phi) is 5.67. The van der Waals surface area contributed by atoms with E-state index in [-0.39, 0.29) is 23.6 Å². The van der Waals surface area contributed by atoms with Gasteiger partial charge in [0.2, 0.25) is 0 Å². The number of nitrogens with one attached hydrogen (secondary N) is 1. The summed E-state index contributed by atoms with van der Waals surface area (Å²) in [6.07, 6.45) is 1.73. The number of carbonyl (C=O) groups excluding carboxylic acids is 1. The number of carbonyl (C=O) groups is 1. The van der Waals surface area contributed by atoms with Crippen molar-refractivity contribution in [2.75, 3.05) is 6.26 Å². The smallest absolute Gasteiger partial charge is 0.308 e. The van der Waals surface area contributed by atoms with Crippen molar-refractivity contribution in [3.63, 3.8) is 0 Å². The summed E-state index contributed by atoms with van der Waals surface area (Å²) >= 11 is 0. The van der Waals surface area contributed by atoms with E-state index in [9.17, 15) is 18.3 Å². The van der Waals surface area contributed by atoms with Crippen molar-refractivity contribution in [3.05, 3.63) is 28.8 Å². The molecule has 0 radical (unpaired) electrons. The molecule has 0 aromatic heterocycles. The fraction of sp³-hybridized carbons (Fsp3) is 0.588. The lowest BCUT2D eigenvalue weighted by Crippen LogP contribution is -2.42. The lowest BCUT2D eigenvalue weighted by molar-refractivity contribution is -0.131. The molecule has 6 nitrogen and oxygen atoms in total. The fourth-order valence-electron chi connectivity index (χ4n) is 3.21. The minimum Gasteiger partial charge on any atom is -0.426 e. The highest BCUT2D eigenvalue weighted by atomic mass is 32.2. The van der Waals surface area contributed by atoms with Gasteiger partial charge in [-0.05, 0) is 30.0 Å². The first-order chi connectivity index (χ1) is 11.1. The Morgan fingerprint density at radius 2 is 2.08 bits per heavy atom. The van der Waals surface area contributed by atoms with Gasteiger partial charge >= 0.3 is 5.97 Å². The molecule has 7 heteroatoms. The van der Waals surface area contributed by atoms with Crippen molar-refractivity contribution in [1.29, 1.82) is 0 Å². The maximum absolute atomic E-state index is 11.8. The first-order valence-corrected chi connectivity index (χ1v) is 10.1. The van der Waals surface area contributed by atoms with Crippen LogP contribution in [0.15, 0.2) is 12.1 Å². The predicted molar refractivity (Wildman–Crippen MR) is 91.6 cm³/mol. The molecule has 2 rings (SSSR count). The van der Waals surface area contributed by atoms with Crippen LogP contribution in [0.2, 0.25) is 0 Å². The zero-order chi connectivity index (χ0) is 18.1. The van der Waals surface area contributed by atoms with Crippen LogP contribution in [0.5, 0.6) is 5.75 Å².